The van der Waals surface area contributed by atoms with Crippen molar-refractivity contribution in [2.24, 2.45) is 11.8 Å². The fourth-order valence-corrected chi connectivity index (χ4v) is 3.38. The monoisotopic (exact) mass is 289 g/mol. The zero-order valence-electron chi connectivity index (χ0n) is 13.2. The smallest absolute Gasteiger partial charge is 0.225 e. The molecule has 1 saturated carbocycles. The molecule has 0 unspecified atom stereocenters. The number of ether oxygens (including phenoxy) is 1. The average Bonchev–Trinajstić information content (AvgIpc) is 3.03. The highest BCUT2D eigenvalue weighted by Crippen LogP contribution is 2.32. The summed E-state index contributed by atoms with van der Waals surface area (Å²) < 4.78 is 5.62. The van der Waals surface area contributed by atoms with Crippen molar-refractivity contribution in [2.75, 3.05) is 13.7 Å². The largest absolute Gasteiger partial charge is 0.380 e. The molecule has 3 heteroatoms. The van der Waals surface area contributed by atoms with Crippen molar-refractivity contribution < 1.29 is 9.53 Å². The van der Waals surface area contributed by atoms with Gasteiger partial charge in [0.2, 0.25) is 5.91 Å². The summed E-state index contributed by atoms with van der Waals surface area (Å²) >= 11 is 0. The molecule has 1 fully saturated rings. The van der Waals surface area contributed by atoms with E-state index in [0.29, 0.717) is 12.5 Å². The first-order valence-electron chi connectivity index (χ1n) is 8.07. The molecule has 1 aliphatic carbocycles. The van der Waals surface area contributed by atoms with Gasteiger partial charge in [0.15, 0.2) is 0 Å². The van der Waals surface area contributed by atoms with Crippen molar-refractivity contribution in [1.82, 2.24) is 5.32 Å². The molecule has 1 aromatic carbocycles. The number of carbonyl (C=O) groups excluding carboxylic acids is 1. The molecule has 2 atom stereocenters. The molecule has 1 amide bonds. The number of methoxy groups -OCH3 is 1. The van der Waals surface area contributed by atoms with E-state index in [0.717, 1.165) is 6.42 Å². The summed E-state index contributed by atoms with van der Waals surface area (Å²) in [4.78, 5) is 12.3. The predicted octanol–water partition coefficient (Wildman–Crippen LogP) is 3.19. The number of nitrogens with one attached hydrogen (secondary N) is 1. The maximum Gasteiger partial charge on any atom is 0.225 e. The van der Waals surface area contributed by atoms with E-state index in [9.17, 15) is 4.79 Å². The van der Waals surface area contributed by atoms with E-state index in [2.05, 4.69) is 17.4 Å². The van der Waals surface area contributed by atoms with Crippen LogP contribution in [0.5, 0.6) is 0 Å². The lowest BCUT2D eigenvalue weighted by atomic mass is 9.90. The van der Waals surface area contributed by atoms with Crippen LogP contribution in [0.2, 0.25) is 0 Å². The van der Waals surface area contributed by atoms with E-state index in [4.69, 9.17) is 4.74 Å². The van der Waals surface area contributed by atoms with Crippen molar-refractivity contribution >= 4 is 5.91 Å². The Bertz CT molecular complexity index is 426. The quantitative estimate of drug-likeness (QED) is 0.837. The molecule has 2 rings (SSSR count). The second-order valence-corrected chi connectivity index (χ2v) is 6.06. The Kier molecular flexibility index (Phi) is 6.24. The van der Waals surface area contributed by atoms with Gasteiger partial charge in [0, 0.05) is 13.7 Å². The molecular weight excluding hydrogens is 262 g/mol. The lowest BCUT2D eigenvalue weighted by Gasteiger charge is -2.27. The van der Waals surface area contributed by atoms with Crippen LogP contribution in [0.3, 0.4) is 0 Å². The maximum atomic E-state index is 12.3. The Labute approximate surface area is 128 Å². The molecule has 1 aliphatic rings. The highest BCUT2D eigenvalue weighted by molar-refractivity contribution is 5.78. The number of amides is 1. The standard InChI is InChI=1S/C18H27NO2/c1-14(17(21-2)16-10-6-7-11-16)18(20)19-13-12-15-8-4-3-5-9-15/h3-5,8-9,14,16-17H,6-7,10-13H2,1-2H3,(H,19,20)/t14-,17-/m1/s1. The van der Waals surface area contributed by atoms with Gasteiger partial charge in [0.1, 0.15) is 0 Å². The minimum atomic E-state index is -0.0751. The van der Waals surface area contributed by atoms with Crippen molar-refractivity contribution in [2.45, 2.75) is 45.1 Å². The Morgan fingerprint density at radius 3 is 2.57 bits per heavy atom. The minimum absolute atomic E-state index is 0.0595. The van der Waals surface area contributed by atoms with Gasteiger partial charge in [-0.2, -0.15) is 0 Å². The average molecular weight is 289 g/mol. The number of benzene rings is 1. The van der Waals surface area contributed by atoms with Crippen molar-refractivity contribution in [3.63, 3.8) is 0 Å². The van der Waals surface area contributed by atoms with Gasteiger partial charge in [-0.15, -0.1) is 0 Å². The molecular formula is C18H27NO2. The molecule has 0 saturated heterocycles. The number of rotatable bonds is 7. The van der Waals surface area contributed by atoms with Crippen LogP contribution in [0.25, 0.3) is 0 Å². The molecule has 0 aromatic heterocycles. The lowest BCUT2D eigenvalue weighted by Crippen LogP contribution is -2.40. The predicted molar refractivity (Wildman–Crippen MR) is 85.1 cm³/mol. The van der Waals surface area contributed by atoms with E-state index in [1.54, 1.807) is 7.11 Å². The molecule has 0 spiro atoms. The Balaban J connectivity index is 1.78. The van der Waals surface area contributed by atoms with Gasteiger partial charge in [0.25, 0.3) is 0 Å². The summed E-state index contributed by atoms with van der Waals surface area (Å²) in [5, 5.41) is 3.05. The molecule has 0 aliphatic heterocycles. The summed E-state index contributed by atoms with van der Waals surface area (Å²) in [5.74, 6) is 0.587. The topological polar surface area (TPSA) is 38.3 Å². The SMILES string of the molecule is CO[C@@H](C1CCCC1)[C@@H](C)C(=O)NCCc1ccccc1. The first kappa shape index (κ1) is 16.0. The van der Waals surface area contributed by atoms with Gasteiger partial charge in [-0.1, -0.05) is 50.1 Å². The third kappa shape index (κ3) is 4.57. The van der Waals surface area contributed by atoms with Gasteiger partial charge in [-0.05, 0) is 30.7 Å². The lowest BCUT2D eigenvalue weighted by molar-refractivity contribution is -0.130. The third-order valence-electron chi connectivity index (χ3n) is 4.60. The van der Waals surface area contributed by atoms with Crippen LogP contribution < -0.4 is 5.32 Å². The molecule has 3 nitrogen and oxygen atoms in total. The highest BCUT2D eigenvalue weighted by atomic mass is 16.5. The number of carbonyl (C=O) groups is 1. The fourth-order valence-electron chi connectivity index (χ4n) is 3.38. The summed E-state index contributed by atoms with van der Waals surface area (Å²) in [7, 11) is 1.73. The highest BCUT2D eigenvalue weighted by Gasteiger charge is 2.32. The first-order valence-corrected chi connectivity index (χ1v) is 8.07. The van der Waals surface area contributed by atoms with Crippen LogP contribution in [0.1, 0.15) is 38.2 Å². The van der Waals surface area contributed by atoms with Gasteiger partial charge in [-0.3, -0.25) is 4.79 Å². The van der Waals surface area contributed by atoms with E-state index in [1.807, 2.05) is 25.1 Å². The molecule has 0 bridgehead atoms. The van der Waals surface area contributed by atoms with Gasteiger partial charge < -0.3 is 10.1 Å². The summed E-state index contributed by atoms with van der Waals surface area (Å²) in [6.07, 6.45) is 5.87. The van der Waals surface area contributed by atoms with E-state index >= 15 is 0 Å². The molecule has 0 radical (unpaired) electrons. The van der Waals surface area contributed by atoms with Crippen molar-refractivity contribution in [3.8, 4) is 0 Å². The number of hydrogen-bond donors (Lipinski definition) is 1. The molecule has 0 heterocycles. The van der Waals surface area contributed by atoms with Crippen molar-refractivity contribution in [1.29, 1.82) is 0 Å². The van der Waals surface area contributed by atoms with Crippen molar-refractivity contribution in [3.05, 3.63) is 35.9 Å². The van der Waals surface area contributed by atoms with Crippen LogP contribution in [-0.4, -0.2) is 25.7 Å². The first-order chi connectivity index (χ1) is 10.2. The van der Waals surface area contributed by atoms with E-state index in [-0.39, 0.29) is 17.9 Å². The molecule has 1 aromatic rings. The Hall–Kier alpha value is -1.35. The van der Waals surface area contributed by atoms with Gasteiger partial charge in [-0.25, -0.2) is 0 Å². The second-order valence-electron chi connectivity index (χ2n) is 6.06. The van der Waals surface area contributed by atoms with Crippen LogP contribution in [0.4, 0.5) is 0 Å². The molecule has 1 N–H and O–H groups in total. The zero-order valence-corrected chi connectivity index (χ0v) is 13.2. The normalized spacial score (nSPS) is 18.4. The van der Waals surface area contributed by atoms with Crippen LogP contribution in [-0.2, 0) is 16.0 Å². The summed E-state index contributed by atoms with van der Waals surface area (Å²) in [6.45, 7) is 2.68. The fraction of sp³-hybridized carbons (Fsp3) is 0.611. The van der Waals surface area contributed by atoms with Crippen LogP contribution in [0, 0.1) is 11.8 Å². The summed E-state index contributed by atoms with van der Waals surface area (Å²) in [6, 6.07) is 10.2. The van der Waals surface area contributed by atoms with E-state index < -0.39 is 0 Å². The third-order valence-corrected chi connectivity index (χ3v) is 4.60. The maximum absolute atomic E-state index is 12.3. The zero-order chi connectivity index (χ0) is 15.1. The molecule has 116 valence electrons. The van der Waals surface area contributed by atoms with E-state index in [1.165, 1.54) is 31.2 Å². The summed E-state index contributed by atoms with van der Waals surface area (Å²) in [5.41, 5.74) is 1.25. The van der Waals surface area contributed by atoms with Gasteiger partial charge in [0.05, 0.1) is 12.0 Å². The Morgan fingerprint density at radius 2 is 1.95 bits per heavy atom. The minimum Gasteiger partial charge on any atom is -0.380 e. The van der Waals surface area contributed by atoms with Gasteiger partial charge >= 0.3 is 0 Å². The molecule has 21 heavy (non-hydrogen) atoms. The van der Waals surface area contributed by atoms with Crippen LogP contribution in [0.15, 0.2) is 30.3 Å². The Morgan fingerprint density at radius 1 is 1.29 bits per heavy atom. The second kappa shape index (κ2) is 8.18. The number of hydrogen-bond acceptors (Lipinski definition) is 2. The van der Waals surface area contributed by atoms with Crippen LogP contribution >= 0.6 is 0 Å².